The first-order valence-electron chi connectivity index (χ1n) is 7.54. The molecule has 0 spiro atoms. The number of furan rings is 1. The standard InChI is InChI=1S/C15H25N3OS/c1-18(2)13(14-9-6-10-19-14)11-16-15(20)17-12-7-4-3-5-8-12/h6,9-10,12-13H,3-5,7-8,11H2,1-2H3,(H2,16,17,20)/p+1/t13-/m1/s1. The zero-order valence-electron chi connectivity index (χ0n) is 12.4. The Hall–Kier alpha value is -1.07. The predicted molar refractivity (Wildman–Crippen MR) is 84.9 cm³/mol. The second-order valence-corrected chi connectivity index (χ2v) is 6.24. The third-order valence-corrected chi connectivity index (χ3v) is 4.25. The van der Waals surface area contributed by atoms with Crippen molar-refractivity contribution in [1.29, 1.82) is 0 Å². The lowest BCUT2D eigenvalue weighted by Gasteiger charge is -2.26. The number of quaternary nitrogens is 1. The minimum absolute atomic E-state index is 0.274. The second kappa shape index (κ2) is 7.64. The van der Waals surface area contributed by atoms with Crippen LogP contribution in [0.15, 0.2) is 22.8 Å². The first-order chi connectivity index (χ1) is 9.66. The summed E-state index contributed by atoms with van der Waals surface area (Å²) < 4.78 is 5.51. The third-order valence-electron chi connectivity index (χ3n) is 3.99. The van der Waals surface area contributed by atoms with Crippen LogP contribution in [-0.2, 0) is 0 Å². The van der Waals surface area contributed by atoms with Gasteiger partial charge in [-0.25, -0.2) is 0 Å². The average molecular weight is 296 g/mol. The van der Waals surface area contributed by atoms with Crippen LogP contribution in [-0.4, -0.2) is 31.8 Å². The minimum atomic E-state index is 0.274. The first kappa shape index (κ1) is 15.3. The van der Waals surface area contributed by atoms with Crippen LogP contribution in [0.4, 0.5) is 0 Å². The van der Waals surface area contributed by atoms with Gasteiger partial charge in [0, 0.05) is 6.04 Å². The molecule has 1 aliphatic rings. The Morgan fingerprint density at radius 1 is 1.40 bits per heavy atom. The van der Waals surface area contributed by atoms with Crippen molar-refractivity contribution in [3.63, 3.8) is 0 Å². The Balaban J connectivity index is 1.78. The van der Waals surface area contributed by atoms with Crippen molar-refractivity contribution in [3.05, 3.63) is 24.2 Å². The van der Waals surface area contributed by atoms with E-state index in [4.69, 9.17) is 16.6 Å². The third kappa shape index (κ3) is 4.49. The highest BCUT2D eigenvalue weighted by Gasteiger charge is 2.21. The highest BCUT2D eigenvalue weighted by molar-refractivity contribution is 7.80. The van der Waals surface area contributed by atoms with Gasteiger partial charge in [-0.05, 0) is 37.2 Å². The van der Waals surface area contributed by atoms with E-state index in [0.29, 0.717) is 6.04 Å². The maximum atomic E-state index is 5.51. The van der Waals surface area contributed by atoms with E-state index in [1.54, 1.807) is 6.26 Å². The lowest BCUT2D eigenvalue weighted by atomic mass is 9.96. The van der Waals surface area contributed by atoms with Crippen LogP contribution in [0.3, 0.4) is 0 Å². The molecule has 0 aliphatic heterocycles. The minimum Gasteiger partial charge on any atom is -0.463 e. The van der Waals surface area contributed by atoms with Crippen LogP contribution in [0.2, 0.25) is 0 Å². The van der Waals surface area contributed by atoms with Crippen LogP contribution in [0.1, 0.15) is 43.9 Å². The molecule has 1 aromatic rings. The molecule has 4 nitrogen and oxygen atoms in total. The summed E-state index contributed by atoms with van der Waals surface area (Å²) in [5, 5.41) is 7.55. The van der Waals surface area contributed by atoms with E-state index in [2.05, 4.69) is 24.7 Å². The van der Waals surface area contributed by atoms with E-state index in [1.807, 2.05) is 12.1 Å². The van der Waals surface area contributed by atoms with Crippen LogP contribution in [0.5, 0.6) is 0 Å². The number of likely N-dealkylation sites (N-methyl/N-ethyl adjacent to an activating group) is 1. The van der Waals surface area contributed by atoms with Crippen molar-refractivity contribution in [2.75, 3.05) is 20.6 Å². The van der Waals surface area contributed by atoms with Gasteiger partial charge >= 0.3 is 0 Å². The molecule has 3 N–H and O–H groups in total. The Kier molecular flexibility index (Phi) is 5.86. The fourth-order valence-electron chi connectivity index (χ4n) is 2.76. The van der Waals surface area contributed by atoms with Crippen molar-refractivity contribution < 1.29 is 9.32 Å². The fraction of sp³-hybridized carbons (Fsp3) is 0.667. The lowest BCUT2D eigenvalue weighted by molar-refractivity contribution is -0.891. The number of nitrogens with one attached hydrogen (secondary N) is 3. The Morgan fingerprint density at radius 2 is 2.15 bits per heavy atom. The van der Waals surface area contributed by atoms with Crippen LogP contribution >= 0.6 is 12.2 Å². The second-order valence-electron chi connectivity index (χ2n) is 5.83. The van der Waals surface area contributed by atoms with E-state index in [1.165, 1.54) is 37.0 Å². The molecule has 0 aromatic carbocycles. The number of hydrogen-bond donors (Lipinski definition) is 3. The van der Waals surface area contributed by atoms with Crippen molar-refractivity contribution in [2.45, 2.75) is 44.2 Å². The summed E-state index contributed by atoms with van der Waals surface area (Å²) >= 11 is 5.41. The first-order valence-corrected chi connectivity index (χ1v) is 7.95. The molecule has 1 saturated carbocycles. The zero-order chi connectivity index (χ0) is 14.4. The van der Waals surface area contributed by atoms with Crippen molar-refractivity contribution in [2.24, 2.45) is 0 Å². The molecule has 1 atom stereocenters. The lowest BCUT2D eigenvalue weighted by Crippen LogP contribution is -3.07. The molecule has 0 unspecified atom stereocenters. The van der Waals surface area contributed by atoms with Gasteiger partial charge in [0.2, 0.25) is 0 Å². The highest BCUT2D eigenvalue weighted by Crippen LogP contribution is 2.17. The van der Waals surface area contributed by atoms with E-state index < -0.39 is 0 Å². The Bertz CT molecular complexity index is 399. The largest absolute Gasteiger partial charge is 0.463 e. The summed E-state index contributed by atoms with van der Waals surface area (Å²) in [6.45, 7) is 0.786. The van der Waals surface area contributed by atoms with Gasteiger partial charge in [-0.15, -0.1) is 0 Å². The summed E-state index contributed by atoms with van der Waals surface area (Å²) in [4.78, 5) is 1.33. The van der Waals surface area contributed by atoms with Crippen LogP contribution in [0, 0.1) is 0 Å². The van der Waals surface area contributed by atoms with Crippen molar-refractivity contribution >= 4 is 17.3 Å². The van der Waals surface area contributed by atoms with Crippen molar-refractivity contribution in [3.8, 4) is 0 Å². The molecule has 20 heavy (non-hydrogen) atoms. The molecule has 0 radical (unpaired) electrons. The fourth-order valence-corrected chi connectivity index (χ4v) is 3.01. The normalized spacial score (nSPS) is 17.9. The van der Waals surface area contributed by atoms with Crippen LogP contribution in [0.25, 0.3) is 0 Å². The monoisotopic (exact) mass is 296 g/mol. The number of thiocarbonyl (C=S) groups is 1. The van der Waals surface area contributed by atoms with E-state index in [-0.39, 0.29) is 6.04 Å². The summed E-state index contributed by atoms with van der Waals surface area (Å²) in [7, 11) is 4.26. The van der Waals surface area contributed by atoms with Gasteiger partial charge in [-0.3, -0.25) is 0 Å². The summed E-state index contributed by atoms with van der Waals surface area (Å²) in [5.41, 5.74) is 0. The SMILES string of the molecule is C[NH+](C)[C@H](CNC(=S)NC1CCCCC1)c1ccco1. The molecule has 112 valence electrons. The van der Waals surface area contributed by atoms with Gasteiger partial charge in [0.1, 0.15) is 0 Å². The summed E-state index contributed by atoms with van der Waals surface area (Å²) in [6, 6.07) is 4.79. The zero-order valence-corrected chi connectivity index (χ0v) is 13.3. The van der Waals surface area contributed by atoms with Crippen LogP contribution < -0.4 is 15.5 Å². The molecule has 2 rings (SSSR count). The molecule has 1 aromatic heterocycles. The summed E-state index contributed by atoms with van der Waals surface area (Å²) in [6.07, 6.45) is 8.20. The van der Waals surface area contributed by atoms with Gasteiger partial charge in [0.05, 0.1) is 26.9 Å². The van der Waals surface area contributed by atoms with E-state index in [9.17, 15) is 0 Å². The van der Waals surface area contributed by atoms with Crippen molar-refractivity contribution in [1.82, 2.24) is 10.6 Å². The topological polar surface area (TPSA) is 41.6 Å². The van der Waals surface area contributed by atoms with E-state index in [0.717, 1.165) is 17.4 Å². The molecular formula is C15H26N3OS+. The maximum Gasteiger partial charge on any atom is 0.166 e. The predicted octanol–water partition coefficient (Wildman–Crippen LogP) is 1.26. The number of rotatable bonds is 5. The Labute approximate surface area is 126 Å². The average Bonchev–Trinajstić information content (AvgIpc) is 2.93. The molecule has 1 aliphatic carbocycles. The molecule has 5 heteroatoms. The molecule has 0 amide bonds. The summed E-state index contributed by atoms with van der Waals surface area (Å²) in [5.74, 6) is 0.998. The molecule has 1 heterocycles. The number of hydrogen-bond acceptors (Lipinski definition) is 2. The highest BCUT2D eigenvalue weighted by atomic mass is 32.1. The van der Waals surface area contributed by atoms with E-state index >= 15 is 0 Å². The van der Waals surface area contributed by atoms with Gasteiger partial charge in [-0.2, -0.15) is 0 Å². The van der Waals surface area contributed by atoms with Gasteiger partial charge in [-0.1, -0.05) is 19.3 Å². The van der Waals surface area contributed by atoms with Gasteiger partial charge < -0.3 is 20.0 Å². The maximum absolute atomic E-state index is 5.51. The molecule has 1 fully saturated rings. The molecular weight excluding hydrogens is 270 g/mol. The quantitative estimate of drug-likeness (QED) is 0.716. The van der Waals surface area contributed by atoms with Gasteiger partial charge in [0.15, 0.2) is 16.9 Å². The Morgan fingerprint density at radius 3 is 2.75 bits per heavy atom. The molecule has 0 saturated heterocycles. The molecule has 0 bridgehead atoms. The smallest absolute Gasteiger partial charge is 0.166 e. The van der Waals surface area contributed by atoms with Gasteiger partial charge in [0.25, 0.3) is 0 Å².